The molecule has 4 aromatic rings. The first-order valence-corrected chi connectivity index (χ1v) is 8.82. The van der Waals surface area contributed by atoms with Crippen LogP contribution >= 0.6 is 0 Å². The van der Waals surface area contributed by atoms with Crippen LogP contribution in [-0.2, 0) is 0 Å². The van der Waals surface area contributed by atoms with Gasteiger partial charge in [-0.25, -0.2) is 9.97 Å². The lowest BCUT2D eigenvalue weighted by Gasteiger charge is -2.07. The molecule has 4 nitrogen and oxygen atoms in total. The van der Waals surface area contributed by atoms with Gasteiger partial charge in [0, 0.05) is 22.3 Å². The summed E-state index contributed by atoms with van der Waals surface area (Å²) < 4.78 is 0. The molecule has 0 bridgehead atoms. The molecule has 134 valence electrons. The molecule has 0 N–H and O–H groups in total. The molecule has 2 aromatic carbocycles. The maximum atomic E-state index is 10.8. The molecule has 0 aliphatic heterocycles. The number of carbonyl (C=O) groups is 2. The third kappa shape index (κ3) is 3.62. The number of carbonyl (C=O) groups excluding carboxylic acids is 2. The Balaban J connectivity index is 1.69. The van der Waals surface area contributed by atoms with Crippen molar-refractivity contribution >= 4 is 12.6 Å². The fourth-order valence-electron chi connectivity index (χ4n) is 2.94. The number of aldehydes is 2. The number of aromatic nitrogens is 2. The Kier molecular flexibility index (Phi) is 4.85. The standard InChI is InChI=1S/C24H16N2O2/c27-15-17-7-11-19(12-8-17)21-3-1-5-23(25-21)24-6-2-4-22(26-24)20-13-9-18(16-28)10-14-20/h1-16H. The number of nitrogens with zero attached hydrogens (tertiary/aromatic N) is 2. The smallest absolute Gasteiger partial charge is 0.150 e. The Bertz CT molecular complexity index is 1040. The van der Waals surface area contributed by atoms with Crippen LogP contribution in [0.2, 0.25) is 0 Å². The van der Waals surface area contributed by atoms with Crippen LogP contribution in [0.25, 0.3) is 33.9 Å². The quantitative estimate of drug-likeness (QED) is 0.462. The van der Waals surface area contributed by atoms with Gasteiger partial charge in [-0.15, -0.1) is 0 Å². The van der Waals surface area contributed by atoms with E-state index in [2.05, 4.69) is 0 Å². The summed E-state index contributed by atoms with van der Waals surface area (Å²) in [6.07, 6.45) is 1.65. The highest BCUT2D eigenvalue weighted by Gasteiger charge is 2.07. The van der Waals surface area contributed by atoms with Crippen molar-refractivity contribution < 1.29 is 9.59 Å². The highest BCUT2D eigenvalue weighted by molar-refractivity contribution is 5.77. The van der Waals surface area contributed by atoms with Gasteiger partial charge in [0.1, 0.15) is 12.6 Å². The first-order chi connectivity index (χ1) is 13.8. The van der Waals surface area contributed by atoms with E-state index in [9.17, 15) is 9.59 Å². The number of hydrogen-bond donors (Lipinski definition) is 0. The van der Waals surface area contributed by atoms with Crippen molar-refractivity contribution in [3.05, 3.63) is 96.1 Å². The third-order valence-electron chi connectivity index (χ3n) is 4.45. The molecule has 0 fully saturated rings. The predicted molar refractivity (Wildman–Crippen MR) is 109 cm³/mol. The largest absolute Gasteiger partial charge is 0.298 e. The van der Waals surface area contributed by atoms with Gasteiger partial charge in [-0.2, -0.15) is 0 Å². The molecular weight excluding hydrogens is 348 g/mol. The van der Waals surface area contributed by atoms with Crippen LogP contribution in [0.4, 0.5) is 0 Å². The molecular formula is C24H16N2O2. The van der Waals surface area contributed by atoms with Gasteiger partial charge in [-0.3, -0.25) is 9.59 Å². The average molecular weight is 364 g/mol. The van der Waals surface area contributed by atoms with Gasteiger partial charge < -0.3 is 0 Å². The highest BCUT2D eigenvalue weighted by Crippen LogP contribution is 2.24. The van der Waals surface area contributed by atoms with Gasteiger partial charge in [0.15, 0.2) is 0 Å². The van der Waals surface area contributed by atoms with Gasteiger partial charge in [-0.1, -0.05) is 60.7 Å². The normalized spacial score (nSPS) is 10.4. The molecule has 2 heterocycles. The lowest BCUT2D eigenvalue weighted by atomic mass is 10.1. The molecule has 0 aliphatic rings. The first kappa shape index (κ1) is 17.5. The van der Waals surface area contributed by atoms with Gasteiger partial charge in [0.2, 0.25) is 0 Å². The van der Waals surface area contributed by atoms with E-state index in [0.29, 0.717) is 11.1 Å². The summed E-state index contributed by atoms with van der Waals surface area (Å²) in [6.45, 7) is 0. The van der Waals surface area contributed by atoms with Crippen molar-refractivity contribution in [3.63, 3.8) is 0 Å². The summed E-state index contributed by atoms with van der Waals surface area (Å²) in [5.74, 6) is 0. The van der Waals surface area contributed by atoms with Gasteiger partial charge in [-0.05, 0) is 24.3 Å². The Morgan fingerprint density at radius 1 is 0.464 bits per heavy atom. The SMILES string of the molecule is O=Cc1ccc(-c2cccc(-c3cccc(-c4ccc(C=O)cc4)n3)n2)cc1. The van der Waals surface area contributed by atoms with Crippen molar-refractivity contribution in [3.8, 4) is 33.9 Å². The van der Waals surface area contributed by atoms with Gasteiger partial charge in [0.25, 0.3) is 0 Å². The van der Waals surface area contributed by atoms with E-state index in [-0.39, 0.29) is 0 Å². The zero-order chi connectivity index (χ0) is 19.3. The fourth-order valence-corrected chi connectivity index (χ4v) is 2.94. The Morgan fingerprint density at radius 2 is 0.821 bits per heavy atom. The molecule has 0 radical (unpaired) electrons. The third-order valence-corrected chi connectivity index (χ3v) is 4.45. The zero-order valence-electron chi connectivity index (χ0n) is 14.9. The Labute approximate surface area is 162 Å². The van der Waals surface area contributed by atoms with Gasteiger partial charge >= 0.3 is 0 Å². The topological polar surface area (TPSA) is 59.9 Å². The van der Waals surface area contributed by atoms with E-state index in [1.54, 1.807) is 24.3 Å². The summed E-state index contributed by atoms with van der Waals surface area (Å²) in [7, 11) is 0. The van der Waals surface area contributed by atoms with E-state index in [1.165, 1.54) is 0 Å². The summed E-state index contributed by atoms with van der Waals surface area (Å²) >= 11 is 0. The van der Waals surface area contributed by atoms with E-state index >= 15 is 0 Å². The van der Waals surface area contributed by atoms with Crippen LogP contribution in [0, 0.1) is 0 Å². The number of hydrogen-bond acceptors (Lipinski definition) is 4. The second-order valence-corrected chi connectivity index (χ2v) is 6.30. The monoisotopic (exact) mass is 364 g/mol. The molecule has 4 heteroatoms. The van der Waals surface area contributed by atoms with E-state index < -0.39 is 0 Å². The van der Waals surface area contributed by atoms with Crippen LogP contribution in [0.15, 0.2) is 84.9 Å². The number of rotatable bonds is 5. The fraction of sp³-hybridized carbons (Fsp3) is 0. The molecule has 28 heavy (non-hydrogen) atoms. The maximum absolute atomic E-state index is 10.8. The molecule has 0 spiro atoms. The minimum atomic E-state index is 0.634. The molecule has 0 saturated heterocycles. The van der Waals surface area contributed by atoms with Crippen molar-refractivity contribution in [1.82, 2.24) is 9.97 Å². The Morgan fingerprint density at radius 3 is 1.18 bits per heavy atom. The zero-order valence-corrected chi connectivity index (χ0v) is 14.9. The summed E-state index contributed by atoms with van der Waals surface area (Å²) in [5.41, 5.74) is 6.31. The summed E-state index contributed by atoms with van der Waals surface area (Å²) in [6, 6.07) is 26.2. The molecule has 0 unspecified atom stereocenters. The van der Waals surface area contributed by atoms with E-state index in [4.69, 9.17) is 9.97 Å². The second-order valence-electron chi connectivity index (χ2n) is 6.30. The first-order valence-electron chi connectivity index (χ1n) is 8.82. The van der Waals surface area contributed by atoms with Crippen molar-refractivity contribution in [1.29, 1.82) is 0 Å². The summed E-state index contributed by atoms with van der Waals surface area (Å²) in [4.78, 5) is 31.1. The lowest BCUT2D eigenvalue weighted by molar-refractivity contribution is 0.111. The van der Waals surface area contributed by atoms with Crippen LogP contribution in [0.1, 0.15) is 20.7 Å². The van der Waals surface area contributed by atoms with Crippen molar-refractivity contribution in [2.75, 3.05) is 0 Å². The molecule has 4 rings (SSSR count). The molecule has 2 aromatic heterocycles. The molecule has 0 aliphatic carbocycles. The average Bonchev–Trinajstić information content (AvgIpc) is 2.79. The van der Waals surface area contributed by atoms with E-state index in [1.807, 2.05) is 60.7 Å². The highest BCUT2D eigenvalue weighted by atomic mass is 16.1. The van der Waals surface area contributed by atoms with Crippen LogP contribution in [0.5, 0.6) is 0 Å². The van der Waals surface area contributed by atoms with Crippen LogP contribution in [-0.4, -0.2) is 22.5 Å². The molecule has 0 amide bonds. The van der Waals surface area contributed by atoms with E-state index in [0.717, 1.165) is 46.5 Å². The predicted octanol–water partition coefficient (Wildman–Crippen LogP) is 5.10. The van der Waals surface area contributed by atoms with Crippen molar-refractivity contribution in [2.24, 2.45) is 0 Å². The minimum absolute atomic E-state index is 0.634. The molecule has 0 atom stereocenters. The Hall–Kier alpha value is -3.92. The maximum Gasteiger partial charge on any atom is 0.150 e. The number of pyridine rings is 2. The molecule has 0 saturated carbocycles. The van der Waals surface area contributed by atoms with Crippen LogP contribution in [0.3, 0.4) is 0 Å². The van der Waals surface area contributed by atoms with Gasteiger partial charge in [0.05, 0.1) is 22.8 Å². The minimum Gasteiger partial charge on any atom is -0.298 e. The van der Waals surface area contributed by atoms with Crippen LogP contribution < -0.4 is 0 Å². The second kappa shape index (κ2) is 7.76. The number of benzene rings is 2. The van der Waals surface area contributed by atoms with Crippen molar-refractivity contribution in [2.45, 2.75) is 0 Å². The summed E-state index contributed by atoms with van der Waals surface area (Å²) in [5, 5.41) is 0. The lowest BCUT2D eigenvalue weighted by Crippen LogP contribution is -1.92.